The Morgan fingerprint density at radius 1 is 0.543 bits per heavy atom. The Morgan fingerprint density at radius 3 is 2.24 bits per heavy atom. The van der Waals surface area contributed by atoms with Gasteiger partial charge < -0.3 is 9.88 Å². The van der Waals surface area contributed by atoms with Gasteiger partial charge in [-0.2, -0.15) is 0 Å². The highest BCUT2D eigenvalue weighted by Gasteiger charge is 2.27. The largest absolute Gasteiger partial charge is 0.346 e. The average Bonchev–Trinajstić information content (AvgIpc) is 3.67. The standard InChI is InChI=1S/C42H27N3S/c1-2-10-26(11-3-1)29-20-21-34-37(25-29)45(36-23-22-32-31-14-7-9-17-38(31)46-41(32)39(34)36)42-43-35-16-8-6-15-33(35)40(44-42)30-19-18-27-12-4-5-13-28(27)24-30/h1-25,42-43H. The summed E-state index contributed by atoms with van der Waals surface area (Å²) in [5.74, 6) is 0. The molecule has 3 heterocycles. The first-order valence-electron chi connectivity index (χ1n) is 15.7. The van der Waals surface area contributed by atoms with Crippen LogP contribution in [-0.2, 0) is 0 Å². The summed E-state index contributed by atoms with van der Waals surface area (Å²) in [6.45, 7) is 0. The average molecular weight is 606 g/mol. The van der Waals surface area contributed by atoms with E-state index in [-0.39, 0.29) is 6.29 Å². The Labute approximate surface area is 269 Å². The SMILES string of the molecule is c1ccc(-c2ccc3c4c5sc6ccccc6c5ccc4n(C4N=C(c5ccc6ccccc6c5)c5ccccc5N4)c3c2)cc1. The summed E-state index contributed by atoms with van der Waals surface area (Å²) in [5, 5.41) is 11.4. The Morgan fingerprint density at radius 2 is 1.30 bits per heavy atom. The summed E-state index contributed by atoms with van der Waals surface area (Å²) < 4.78 is 5.05. The van der Waals surface area contributed by atoms with Gasteiger partial charge in [0.15, 0.2) is 0 Å². The number of hydrogen-bond donors (Lipinski definition) is 1. The smallest absolute Gasteiger partial charge is 0.201 e. The maximum Gasteiger partial charge on any atom is 0.201 e. The lowest BCUT2D eigenvalue weighted by Crippen LogP contribution is -2.24. The Balaban J connectivity index is 1.27. The molecule has 1 aliphatic heterocycles. The van der Waals surface area contributed by atoms with Crippen LogP contribution in [0.1, 0.15) is 17.4 Å². The zero-order chi connectivity index (χ0) is 30.2. The molecule has 1 aliphatic rings. The highest BCUT2D eigenvalue weighted by atomic mass is 32.1. The van der Waals surface area contributed by atoms with Crippen molar-refractivity contribution in [1.29, 1.82) is 0 Å². The molecule has 7 aromatic carbocycles. The number of hydrogen-bond acceptors (Lipinski definition) is 3. The summed E-state index contributed by atoms with van der Waals surface area (Å²) in [6, 6.07) is 54.7. The Bertz CT molecular complexity index is 2680. The molecular weight excluding hydrogens is 579 g/mol. The number of aliphatic imine (C=N–C) groups is 1. The minimum Gasteiger partial charge on any atom is -0.346 e. The second-order valence-corrected chi connectivity index (χ2v) is 13.1. The fourth-order valence-corrected chi connectivity index (χ4v) is 8.51. The number of anilines is 1. The first-order chi connectivity index (χ1) is 22.8. The van der Waals surface area contributed by atoms with E-state index in [1.807, 2.05) is 11.3 Å². The normalized spacial score (nSPS) is 14.6. The number of nitrogens with one attached hydrogen (secondary N) is 1. The van der Waals surface area contributed by atoms with Crippen molar-refractivity contribution in [2.75, 3.05) is 5.32 Å². The summed E-state index contributed by atoms with van der Waals surface area (Å²) >= 11 is 1.88. The molecule has 0 fully saturated rings. The van der Waals surface area contributed by atoms with E-state index in [0.717, 1.165) is 22.5 Å². The van der Waals surface area contributed by atoms with Gasteiger partial charge in [-0.1, -0.05) is 121 Å². The summed E-state index contributed by atoms with van der Waals surface area (Å²) in [7, 11) is 0. The van der Waals surface area contributed by atoms with Crippen LogP contribution < -0.4 is 5.32 Å². The van der Waals surface area contributed by atoms with Gasteiger partial charge in [-0.05, 0) is 52.2 Å². The van der Waals surface area contributed by atoms with Gasteiger partial charge in [-0.3, -0.25) is 0 Å². The van der Waals surface area contributed by atoms with Crippen LogP contribution >= 0.6 is 11.3 Å². The topological polar surface area (TPSA) is 29.3 Å². The minimum absolute atomic E-state index is 0.339. The lowest BCUT2D eigenvalue weighted by molar-refractivity contribution is 0.625. The van der Waals surface area contributed by atoms with Crippen LogP contribution in [0.15, 0.2) is 157 Å². The fourth-order valence-electron chi connectivity index (χ4n) is 7.25. The third-order valence-corrected chi connectivity index (χ3v) is 10.6. The number of para-hydroxylation sites is 1. The molecule has 1 N–H and O–H groups in total. The monoisotopic (exact) mass is 605 g/mol. The second kappa shape index (κ2) is 9.90. The van der Waals surface area contributed by atoms with Crippen LogP contribution in [0.4, 0.5) is 5.69 Å². The molecule has 0 aliphatic carbocycles. The first-order valence-corrected chi connectivity index (χ1v) is 16.5. The van der Waals surface area contributed by atoms with Crippen molar-refractivity contribution in [3.8, 4) is 11.1 Å². The number of fused-ring (bicyclic) bond motifs is 9. The molecule has 3 nitrogen and oxygen atoms in total. The molecular formula is C42H27N3S. The van der Waals surface area contributed by atoms with Crippen molar-refractivity contribution in [2.24, 2.45) is 4.99 Å². The van der Waals surface area contributed by atoms with Gasteiger partial charge in [0.2, 0.25) is 6.29 Å². The van der Waals surface area contributed by atoms with E-state index in [2.05, 4.69) is 162 Å². The van der Waals surface area contributed by atoms with Crippen LogP contribution in [0.5, 0.6) is 0 Å². The van der Waals surface area contributed by atoms with Crippen molar-refractivity contribution < 1.29 is 0 Å². The van der Waals surface area contributed by atoms with Crippen molar-refractivity contribution >= 4 is 75.5 Å². The predicted octanol–water partition coefficient (Wildman–Crippen LogP) is 11.4. The van der Waals surface area contributed by atoms with Crippen LogP contribution in [-0.4, -0.2) is 10.3 Å². The van der Waals surface area contributed by atoms with Crippen molar-refractivity contribution in [1.82, 2.24) is 4.57 Å². The quantitative estimate of drug-likeness (QED) is 0.213. The molecule has 216 valence electrons. The molecule has 4 heteroatoms. The van der Waals surface area contributed by atoms with E-state index in [1.165, 1.54) is 63.9 Å². The van der Waals surface area contributed by atoms with Crippen molar-refractivity contribution in [3.63, 3.8) is 0 Å². The van der Waals surface area contributed by atoms with Gasteiger partial charge in [0.25, 0.3) is 0 Å². The van der Waals surface area contributed by atoms with Gasteiger partial charge in [0.05, 0.1) is 16.7 Å². The highest BCUT2D eigenvalue weighted by molar-refractivity contribution is 7.26. The second-order valence-electron chi connectivity index (χ2n) is 12.0. The van der Waals surface area contributed by atoms with Crippen molar-refractivity contribution in [3.05, 3.63) is 163 Å². The first kappa shape index (κ1) is 25.6. The summed E-state index contributed by atoms with van der Waals surface area (Å²) in [6.07, 6.45) is -0.339. The van der Waals surface area contributed by atoms with E-state index in [4.69, 9.17) is 4.99 Å². The van der Waals surface area contributed by atoms with E-state index in [1.54, 1.807) is 0 Å². The van der Waals surface area contributed by atoms with Gasteiger partial charge in [0.1, 0.15) is 0 Å². The van der Waals surface area contributed by atoms with Crippen LogP contribution in [0, 0.1) is 0 Å². The molecule has 0 saturated carbocycles. The van der Waals surface area contributed by atoms with Crippen LogP contribution in [0.3, 0.4) is 0 Å². The Kier molecular flexibility index (Phi) is 5.51. The van der Waals surface area contributed by atoms with Gasteiger partial charge in [-0.25, -0.2) is 4.99 Å². The third kappa shape index (κ3) is 3.81. The van der Waals surface area contributed by atoms with E-state index >= 15 is 0 Å². The zero-order valence-corrected chi connectivity index (χ0v) is 25.6. The number of aromatic nitrogens is 1. The lowest BCUT2D eigenvalue weighted by Gasteiger charge is -2.28. The molecule has 0 saturated heterocycles. The van der Waals surface area contributed by atoms with E-state index < -0.39 is 0 Å². The number of rotatable bonds is 3. The maximum absolute atomic E-state index is 5.54. The molecule has 10 rings (SSSR count). The van der Waals surface area contributed by atoms with Gasteiger partial charge in [-0.15, -0.1) is 11.3 Å². The minimum atomic E-state index is -0.339. The number of thiophene rings is 1. The lowest BCUT2D eigenvalue weighted by atomic mass is 9.97. The molecule has 1 unspecified atom stereocenters. The third-order valence-electron chi connectivity index (χ3n) is 9.40. The maximum atomic E-state index is 5.54. The van der Waals surface area contributed by atoms with Crippen molar-refractivity contribution in [2.45, 2.75) is 6.29 Å². The molecule has 0 bridgehead atoms. The molecule has 0 spiro atoms. The fraction of sp³-hybridized carbons (Fsp3) is 0.0238. The highest BCUT2D eigenvalue weighted by Crippen LogP contribution is 2.45. The Hall–Kier alpha value is -5.71. The molecule has 0 radical (unpaired) electrons. The number of benzene rings is 7. The van der Waals surface area contributed by atoms with Crippen LogP contribution in [0.25, 0.3) is 63.9 Å². The number of nitrogens with zero attached hydrogens (tertiary/aromatic N) is 2. The van der Waals surface area contributed by atoms with E-state index in [9.17, 15) is 0 Å². The predicted molar refractivity (Wildman–Crippen MR) is 196 cm³/mol. The zero-order valence-electron chi connectivity index (χ0n) is 24.8. The molecule has 2 aromatic heterocycles. The van der Waals surface area contributed by atoms with Gasteiger partial charge >= 0.3 is 0 Å². The van der Waals surface area contributed by atoms with E-state index in [0.29, 0.717) is 0 Å². The summed E-state index contributed by atoms with van der Waals surface area (Å²) in [4.78, 5) is 5.54. The van der Waals surface area contributed by atoms with Gasteiger partial charge in [0, 0.05) is 47.8 Å². The van der Waals surface area contributed by atoms with Crippen LogP contribution in [0.2, 0.25) is 0 Å². The molecule has 0 amide bonds. The molecule has 46 heavy (non-hydrogen) atoms. The molecule has 1 atom stereocenters. The summed E-state index contributed by atoms with van der Waals surface area (Å²) in [5.41, 5.74) is 9.07. The molecule has 9 aromatic rings.